The molecule has 0 bridgehead atoms. The van der Waals surface area contributed by atoms with Gasteiger partial charge in [0, 0.05) is 23.0 Å². The summed E-state index contributed by atoms with van der Waals surface area (Å²) in [5.74, 6) is 0.604. The molecule has 0 heterocycles. The predicted octanol–water partition coefficient (Wildman–Crippen LogP) is 3.06. The summed E-state index contributed by atoms with van der Waals surface area (Å²) in [6.45, 7) is 2.01. The molecule has 0 radical (unpaired) electrons. The first-order valence-corrected chi connectivity index (χ1v) is 8.08. The van der Waals surface area contributed by atoms with Gasteiger partial charge in [-0.2, -0.15) is 0 Å². The fourth-order valence-electron chi connectivity index (χ4n) is 2.09. The number of carbonyl (C=O) groups is 1. The van der Waals surface area contributed by atoms with Crippen LogP contribution in [0, 0.1) is 6.92 Å². The molecular weight excluding hydrogens is 268 g/mol. The first kappa shape index (κ1) is 14.7. The Morgan fingerprint density at radius 1 is 1.00 bits per heavy atom. The van der Waals surface area contributed by atoms with Crippen LogP contribution in [0.15, 0.2) is 54.6 Å². The van der Waals surface area contributed by atoms with Crippen LogP contribution in [-0.4, -0.2) is 15.7 Å². The lowest BCUT2D eigenvalue weighted by molar-refractivity contribution is -0.116. The molecule has 2 nitrogen and oxygen atoms in total. The monoisotopic (exact) mass is 286 g/mol. The summed E-state index contributed by atoms with van der Waals surface area (Å²) in [6.07, 6.45) is 0.362. The molecule has 0 spiro atoms. The third kappa shape index (κ3) is 4.74. The first-order chi connectivity index (χ1) is 9.63. The Hall–Kier alpha value is -1.74. The van der Waals surface area contributed by atoms with E-state index in [0.717, 1.165) is 16.7 Å². The third-order valence-corrected chi connectivity index (χ3v) is 4.28. The van der Waals surface area contributed by atoms with E-state index >= 15 is 0 Å². The lowest BCUT2D eigenvalue weighted by atomic mass is 10.1. The molecule has 2 aromatic carbocycles. The molecular formula is C17H18O2S. The Morgan fingerprint density at radius 3 is 2.40 bits per heavy atom. The Kier molecular flexibility index (Phi) is 5.24. The average Bonchev–Trinajstić information content (AvgIpc) is 2.39. The van der Waals surface area contributed by atoms with Crippen LogP contribution >= 0.6 is 0 Å². The van der Waals surface area contributed by atoms with Crippen LogP contribution in [0.5, 0.6) is 0 Å². The van der Waals surface area contributed by atoms with Crippen molar-refractivity contribution in [1.82, 2.24) is 0 Å². The number of benzene rings is 2. The van der Waals surface area contributed by atoms with Crippen LogP contribution in [0.25, 0.3) is 0 Å². The van der Waals surface area contributed by atoms with E-state index in [1.165, 1.54) is 0 Å². The highest BCUT2D eigenvalue weighted by Crippen LogP contribution is 2.08. The maximum atomic E-state index is 12.0. The smallest absolute Gasteiger partial charge is 0.149 e. The second kappa shape index (κ2) is 7.15. The van der Waals surface area contributed by atoms with Crippen molar-refractivity contribution in [3.05, 3.63) is 71.3 Å². The Morgan fingerprint density at radius 2 is 1.70 bits per heavy atom. The normalized spacial score (nSPS) is 12.1. The van der Waals surface area contributed by atoms with E-state index in [-0.39, 0.29) is 11.5 Å². The summed E-state index contributed by atoms with van der Waals surface area (Å²) in [6, 6.07) is 17.5. The number of hydrogen-bond donors (Lipinski definition) is 0. The number of rotatable bonds is 6. The SMILES string of the molecule is Cc1cccc(CS(=O)CC(=O)Cc2ccccc2)c1. The molecule has 0 saturated heterocycles. The summed E-state index contributed by atoms with van der Waals surface area (Å²) in [7, 11) is -1.13. The minimum atomic E-state index is -1.13. The fourth-order valence-corrected chi connectivity index (χ4v) is 3.21. The zero-order valence-electron chi connectivity index (χ0n) is 11.5. The van der Waals surface area contributed by atoms with Crippen molar-refractivity contribution in [1.29, 1.82) is 0 Å². The summed E-state index contributed by atoms with van der Waals surface area (Å²) >= 11 is 0. The van der Waals surface area contributed by atoms with Gasteiger partial charge in [0.1, 0.15) is 5.78 Å². The highest BCUT2D eigenvalue weighted by Gasteiger charge is 2.09. The highest BCUT2D eigenvalue weighted by molar-refractivity contribution is 7.84. The van der Waals surface area contributed by atoms with Crippen LogP contribution in [0.3, 0.4) is 0 Å². The quantitative estimate of drug-likeness (QED) is 0.818. The van der Waals surface area contributed by atoms with E-state index in [1.807, 2.05) is 61.5 Å². The first-order valence-electron chi connectivity index (χ1n) is 6.59. The van der Waals surface area contributed by atoms with Crippen molar-refractivity contribution in [3.8, 4) is 0 Å². The molecule has 1 atom stereocenters. The van der Waals surface area contributed by atoms with Crippen molar-refractivity contribution >= 4 is 16.6 Å². The Bertz CT molecular complexity index is 605. The van der Waals surface area contributed by atoms with Gasteiger partial charge in [-0.05, 0) is 18.1 Å². The van der Waals surface area contributed by atoms with E-state index in [4.69, 9.17) is 0 Å². The van der Waals surface area contributed by atoms with Gasteiger partial charge in [-0.15, -0.1) is 0 Å². The molecule has 0 saturated carbocycles. The largest absolute Gasteiger partial charge is 0.298 e. The zero-order valence-corrected chi connectivity index (χ0v) is 12.4. The van der Waals surface area contributed by atoms with Crippen LogP contribution in [0.2, 0.25) is 0 Å². The highest BCUT2D eigenvalue weighted by atomic mass is 32.2. The van der Waals surface area contributed by atoms with Gasteiger partial charge in [0.05, 0.1) is 5.75 Å². The molecule has 1 unspecified atom stereocenters. The van der Waals surface area contributed by atoms with Crippen molar-refractivity contribution < 1.29 is 9.00 Å². The second-order valence-electron chi connectivity index (χ2n) is 4.92. The average molecular weight is 286 g/mol. The summed E-state index contributed by atoms with van der Waals surface area (Å²) < 4.78 is 12.0. The van der Waals surface area contributed by atoms with Crippen molar-refractivity contribution in [3.63, 3.8) is 0 Å². The number of carbonyl (C=O) groups excluding carboxylic acids is 1. The fraction of sp³-hybridized carbons (Fsp3) is 0.235. The topological polar surface area (TPSA) is 34.1 Å². The van der Waals surface area contributed by atoms with E-state index in [9.17, 15) is 9.00 Å². The molecule has 0 N–H and O–H groups in total. The second-order valence-corrected chi connectivity index (χ2v) is 6.38. The van der Waals surface area contributed by atoms with Gasteiger partial charge in [0.2, 0.25) is 0 Å². The number of Topliss-reactive ketones (excluding diaryl/α,β-unsaturated/α-hetero) is 1. The molecule has 3 heteroatoms. The molecule has 0 aliphatic carbocycles. The lowest BCUT2D eigenvalue weighted by Gasteiger charge is -2.04. The van der Waals surface area contributed by atoms with Crippen molar-refractivity contribution in [2.75, 3.05) is 5.75 Å². The molecule has 0 fully saturated rings. The molecule has 20 heavy (non-hydrogen) atoms. The van der Waals surface area contributed by atoms with Crippen LogP contribution < -0.4 is 0 Å². The van der Waals surface area contributed by atoms with Crippen molar-refractivity contribution in [2.24, 2.45) is 0 Å². The summed E-state index contributed by atoms with van der Waals surface area (Å²) in [5, 5.41) is 0. The number of aryl methyl sites for hydroxylation is 1. The Balaban J connectivity index is 1.87. The van der Waals surface area contributed by atoms with E-state index in [0.29, 0.717) is 12.2 Å². The lowest BCUT2D eigenvalue weighted by Crippen LogP contribution is -2.14. The van der Waals surface area contributed by atoms with E-state index < -0.39 is 10.8 Å². The third-order valence-electron chi connectivity index (χ3n) is 2.98. The minimum Gasteiger partial charge on any atom is -0.298 e. The zero-order chi connectivity index (χ0) is 14.4. The van der Waals surface area contributed by atoms with Gasteiger partial charge in [-0.25, -0.2) is 0 Å². The standard InChI is InChI=1S/C17H18O2S/c1-14-6-5-9-16(10-14)12-20(19)13-17(18)11-15-7-3-2-4-8-15/h2-10H,11-13H2,1H3. The maximum absolute atomic E-state index is 12.0. The molecule has 0 amide bonds. The van der Waals surface area contributed by atoms with Gasteiger partial charge in [-0.3, -0.25) is 9.00 Å². The number of ketones is 1. The van der Waals surface area contributed by atoms with Gasteiger partial charge in [-0.1, -0.05) is 60.2 Å². The molecule has 104 valence electrons. The van der Waals surface area contributed by atoms with E-state index in [1.54, 1.807) is 0 Å². The van der Waals surface area contributed by atoms with Crippen LogP contribution in [0.4, 0.5) is 0 Å². The van der Waals surface area contributed by atoms with Crippen molar-refractivity contribution in [2.45, 2.75) is 19.1 Å². The molecule has 2 rings (SSSR count). The number of hydrogen-bond acceptors (Lipinski definition) is 2. The molecule has 2 aromatic rings. The predicted molar refractivity (Wildman–Crippen MR) is 83.0 cm³/mol. The van der Waals surface area contributed by atoms with Crippen LogP contribution in [-0.2, 0) is 27.8 Å². The van der Waals surface area contributed by atoms with Gasteiger partial charge < -0.3 is 0 Å². The molecule has 0 aromatic heterocycles. The minimum absolute atomic E-state index is 0.0298. The molecule has 0 aliphatic heterocycles. The summed E-state index contributed by atoms with van der Waals surface area (Å²) in [4.78, 5) is 11.9. The van der Waals surface area contributed by atoms with Gasteiger partial charge in [0.25, 0.3) is 0 Å². The Labute approximate surface area is 122 Å². The van der Waals surface area contributed by atoms with Crippen LogP contribution in [0.1, 0.15) is 16.7 Å². The maximum Gasteiger partial charge on any atom is 0.149 e. The summed E-state index contributed by atoms with van der Waals surface area (Å²) in [5.41, 5.74) is 3.15. The molecule has 0 aliphatic rings. The van der Waals surface area contributed by atoms with Gasteiger partial charge >= 0.3 is 0 Å². The van der Waals surface area contributed by atoms with E-state index in [2.05, 4.69) is 0 Å². The van der Waals surface area contributed by atoms with Gasteiger partial charge in [0.15, 0.2) is 0 Å².